The summed E-state index contributed by atoms with van der Waals surface area (Å²) in [5, 5.41) is 0. The van der Waals surface area contributed by atoms with Crippen molar-refractivity contribution in [2.24, 2.45) is 0 Å². The second-order valence-electron chi connectivity index (χ2n) is 5.82. The summed E-state index contributed by atoms with van der Waals surface area (Å²) in [5.74, 6) is 0.104. The van der Waals surface area contributed by atoms with E-state index < -0.39 is 15.3 Å². The smallest absolute Gasteiger partial charge is 0.179 e. The second kappa shape index (κ2) is 5.41. The molecule has 0 radical (unpaired) electrons. The van der Waals surface area contributed by atoms with Gasteiger partial charge in [0, 0.05) is 5.41 Å². The molecule has 0 N–H and O–H groups in total. The van der Waals surface area contributed by atoms with Crippen molar-refractivity contribution in [1.82, 2.24) is 0 Å². The van der Waals surface area contributed by atoms with Crippen molar-refractivity contribution >= 4 is 9.84 Å². The molecule has 2 rings (SSSR count). The van der Waals surface area contributed by atoms with Gasteiger partial charge in [0.1, 0.15) is 0 Å². The number of sulfone groups is 1. The zero-order valence-electron chi connectivity index (χ0n) is 12.1. The van der Waals surface area contributed by atoms with E-state index in [-0.39, 0.29) is 5.75 Å². The van der Waals surface area contributed by atoms with Gasteiger partial charge in [-0.3, -0.25) is 0 Å². The fourth-order valence-corrected chi connectivity index (χ4v) is 4.11. The van der Waals surface area contributed by atoms with Gasteiger partial charge < -0.3 is 0 Å². The SMILES string of the molecule is Cc1ccc(S(=O)(=O)CC(C)(C)c2ccccc2)cc1. The first-order valence-corrected chi connectivity index (χ1v) is 8.31. The van der Waals surface area contributed by atoms with E-state index in [1.54, 1.807) is 12.1 Å². The van der Waals surface area contributed by atoms with Crippen LogP contribution in [0.25, 0.3) is 0 Å². The molecular weight excluding hydrogens is 268 g/mol. The van der Waals surface area contributed by atoms with Crippen LogP contribution in [0.15, 0.2) is 59.5 Å². The van der Waals surface area contributed by atoms with E-state index in [2.05, 4.69) is 0 Å². The normalized spacial score (nSPS) is 12.3. The van der Waals surface area contributed by atoms with Crippen molar-refractivity contribution in [3.8, 4) is 0 Å². The third-order valence-electron chi connectivity index (χ3n) is 3.49. The van der Waals surface area contributed by atoms with Gasteiger partial charge in [-0.05, 0) is 24.6 Å². The van der Waals surface area contributed by atoms with Crippen LogP contribution in [0.2, 0.25) is 0 Å². The first-order valence-electron chi connectivity index (χ1n) is 6.66. The maximum Gasteiger partial charge on any atom is 0.179 e. The van der Waals surface area contributed by atoms with Gasteiger partial charge in [-0.15, -0.1) is 0 Å². The summed E-state index contributed by atoms with van der Waals surface area (Å²) < 4.78 is 25.1. The maximum absolute atomic E-state index is 12.5. The highest BCUT2D eigenvalue weighted by Crippen LogP contribution is 2.27. The molecule has 20 heavy (non-hydrogen) atoms. The molecule has 3 heteroatoms. The van der Waals surface area contributed by atoms with Crippen LogP contribution < -0.4 is 0 Å². The fraction of sp³-hybridized carbons (Fsp3) is 0.294. The van der Waals surface area contributed by atoms with Crippen LogP contribution in [-0.4, -0.2) is 14.2 Å². The van der Waals surface area contributed by atoms with Crippen molar-refractivity contribution < 1.29 is 8.42 Å². The Morgan fingerprint density at radius 3 is 2.00 bits per heavy atom. The largest absolute Gasteiger partial charge is 0.224 e. The molecule has 0 aliphatic heterocycles. The highest BCUT2D eigenvalue weighted by molar-refractivity contribution is 7.91. The molecular formula is C17H20O2S. The molecule has 2 aromatic rings. The third kappa shape index (κ3) is 3.28. The van der Waals surface area contributed by atoms with Crippen molar-refractivity contribution in [2.75, 3.05) is 5.75 Å². The Hall–Kier alpha value is -1.61. The Kier molecular flexibility index (Phi) is 4.00. The zero-order valence-corrected chi connectivity index (χ0v) is 12.9. The number of hydrogen-bond acceptors (Lipinski definition) is 2. The molecule has 106 valence electrons. The van der Waals surface area contributed by atoms with Gasteiger partial charge in [-0.1, -0.05) is 61.9 Å². The van der Waals surface area contributed by atoms with Gasteiger partial charge in [0.05, 0.1) is 10.6 Å². The highest BCUT2D eigenvalue weighted by Gasteiger charge is 2.28. The molecule has 0 heterocycles. The first kappa shape index (κ1) is 14.8. The molecule has 0 aliphatic rings. The fourth-order valence-electron chi connectivity index (χ4n) is 2.28. The van der Waals surface area contributed by atoms with Gasteiger partial charge >= 0.3 is 0 Å². The van der Waals surface area contributed by atoms with Gasteiger partial charge in [0.25, 0.3) is 0 Å². The van der Waals surface area contributed by atoms with Gasteiger partial charge in [-0.2, -0.15) is 0 Å². The average Bonchev–Trinajstić information content (AvgIpc) is 2.39. The third-order valence-corrected chi connectivity index (χ3v) is 5.58. The number of hydrogen-bond donors (Lipinski definition) is 0. The lowest BCUT2D eigenvalue weighted by Crippen LogP contribution is -2.28. The summed E-state index contributed by atoms with van der Waals surface area (Å²) in [7, 11) is -3.28. The lowest BCUT2D eigenvalue weighted by atomic mass is 9.87. The van der Waals surface area contributed by atoms with Crippen LogP contribution in [0, 0.1) is 6.92 Å². The molecule has 0 saturated heterocycles. The lowest BCUT2D eigenvalue weighted by molar-refractivity contribution is 0.548. The minimum Gasteiger partial charge on any atom is -0.224 e. The summed E-state index contributed by atoms with van der Waals surface area (Å²) in [6.45, 7) is 5.88. The summed E-state index contributed by atoms with van der Waals surface area (Å²) in [4.78, 5) is 0.395. The summed E-state index contributed by atoms with van der Waals surface area (Å²) in [5.41, 5.74) is 1.69. The second-order valence-corrected chi connectivity index (χ2v) is 7.81. The lowest BCUT2D eigenvalue weighted by Gasteiger charge is -2.25. The quantitative estimate of drug-likeness (QED) is 0.858. The van der Waals surface area contributed by atoms with E-state index in [4.69, 9.17) is 0 Å². The number of benzene rings is 2. The molecule has 0 fully saturated rings. The predicted octanol–water partition coefficient (Wildman–Crippen LogP) is 3.75. The molecule has 2 aromatic carbocycles. The minimum absolute atomic E-state index is 0.104. The summed E-state index contributed by atoms with van der Waals surface area (Å²) in [6, 6.07) is 16.8. The van der Waals surface area contributed by atoms with Crippen molar-refractivity contribution in [3.05, 3.63) is 65.7 Å². The Balaban J connectivity index is 2.30. The standard InChI is InChI=1S/C17H20O2S/c1-14-9-11-16(12-10-14)20(18,19)13-17(2,3)15-7-5-4-6-8-15/h4-12H,13H2,1-3H3. The van der Waals surface area contributed by atoms with Crippen LogP contribution in [-0.2, 0) is 15.3 Å². The monoisotopic (exact) mass is 288 g/mol. The molecule has 0 aromatic heterocycles. The number of aryl methyl sites for hydroxylation is 1. The Morgan fingerprint density at radius 1 is 0.900 bits per heavy atom. The van der Waals surface area contributed by atoms with Crippen molar-refractivity contribution in [2.45, 2.75) is 31.1 Å². The molecule has 2 nitrogen and oxygen atoms in total. The molecule has 0 saturated carbocycles. The molecule has 0 bridgehead atoms. The van der Waals surface area contributed by atoms with E-state index in [0.29, 0.717) is 4.90 Å². The van der Waals surface area contributed by atoms with Crippen molar-refractivity contribution in [1.29, 1.82) is 0 Å². The average molecular weight is 288 g/mol. The Morgan fingerprint density at radius 2 is 1.45 bits per heavy atom. The Bertz CT molecular complexity index is 669. The van der Waals surface area contributed by atoms with Crippen LogP contribution >= 0.6 is 0 Å². The topological polar surface area (TPSA) is 34.1 Å². The maximum atomic E-state index is 12.5. The molecule has 0 atom stereocenters. The summed E-state index contributed by atoms with van der Waals surface area (Å²) in [6.07, 6.45) is 0. The van der Waals surface area contributed by atoms with E-state index in [0.717, 1.165) is 11.1 Å². The Labute approximate surface area is 121 Å². The zero-order chi connectivity index (χ0) is 14.8. The predicted molar refractivity (Wildman–Crippen MR) is 82.7 cm³/mol. The number of rotatable bonds is 4. The molecule has 0 spiro atoms. The molecule has 0 unspecified atom stereocenters. The first-order chi connectivity index (χ1) is 9.31. The van der Waals surface area contributed by atoms with Gasteiger partial charge in [-0.25, -0.2) is 8.42 Å². The summed E-state index contributed by atoms with van der Waals surface area (Å²) >= 11 is 0. The minimum atomic E-state index is -3.28. The van der Waals surface area contributed by atoms with E-state index in [1.807, 2.05) is 63.2 Å². The van der Waals surface area contributed by atoms with E-state index in [1.165, 1.54) is 0 Å². The van der Waals surface area contributed by atoms with E-state index in [9.17, 15) is 8.42 Å². The van der Waals surface area contributed by atoms with Crippen molar-refractivity contribution in [3.63, 3.8) is 0 Å². The molecule has 0 amide bonds. The highest BCUT2D eigenvalue weighted by atomic mass is 32.2. The van der Waals surface area contributed by atoms with Crippen LogP contribution in [0.1, 0.15) is 25.0 Å². The van der Waals surface area contributed by atoms with Gasteiger partial charge in [0.2, 0.25) is 0 Å². The van der Waals surface area contributed by atoms with Crippen LogP contribution in [0.3, 0.4) is 0 Å². The van der Waals surface area contributed by atoms with E-state index >= 15 is 0 Å². The molecule has 0 aliphatic carbocycles. The van der Waals surface area contributed by atoms with Crippen LogP contribution in [0.4, 0.5) is 0 Å². The van der Waals surface area contributed by atoms with Gasteiger partial charge in [0.15, 0.2) is 9.84 Å². The van der Waals surface area contributed by atoms with Crippen LogP contribution in [0.5, 0.6) is 0 Å².